The third kappa shape index (κ3) is 3.71. The number of rotatable bonds is 5. The average Bonchev–Trinajstić information content (AvgIpc) is 3.70. The first-order chi connectivity index (χ1) is 18.1. The quantitative estimate of drug-likeness (QED) is 0.436. The van der Waals surface area contributed by atoms with Crippen molar-refractivity contribution in [2.75, 3.05) is 20.2 Å². The van der Waals surface area contributed by atoms with Gasteiger partial charge in [0.05, 0.1) is 31.0 Å². The van der Waals surface area contributed by atoms with Gasteiger partial charge in [0.25, 0.3) is 0 Å². The van der Waals surface area contributed by atoms with E-state index in [0.717, 1.165) is 65.1 Å². The summed E-state index contributed by atoms with van der Waals surface area (Å²) < 4.78 is 7.70. The number of fused-ring (bicyclic) bond motifs is 2. The van der Waals surface area contributed by atoms with Crippen LogP contribution in [0.3, 0.4) is 0 Å². The Kier molecular flexibility index (Phi) is 5.28. The van der Waals surface area contributed by atoms with Crippen molar-refractivity contribution in [2.45, 2.75) is 50.7 Å². The molecule has 7 rings (SSSR count). The molecule has 0 spiro atoms. The van der Waals surface area contributed by atoms with E-state index in [9.17, 15) is 9.90 Å². The number of methoxy groups -OCH3 is 1. The molecule has 37 heavy (non-hydrogen) atoms. The highest BCUT2D eigenvalue weighted by atomic mass is 16.5. The summed E-state index contributed by atoms with van der Waals surface area (Å²) in [4.78, 5) is 19.7. The second-order valence-corrected chi connectivity index (χ2v) is 10.6. The van der Waals surface area contributed by atoms with Gasteiger partial charge in [-0.25, -0.2) is 4.98 Å². The number of ether oxygens (including phenoxy) is 1. The van der Waals surface area contributed by atoms with Crippen LogP contribution in [0.5, 0.6) is 5.75 Å². The number of hydrogen-bond donors (Lipinski definition) is 2. The van der Waals surface area contributed by atoms with Crippen molar-refractivity contribution < 1.29 is 14.6 Å². The van der Waals surface area contributed by atoms with Gasteiger partial charge in [-0.15, -0.1) is 0 Å². The lowest BCUT2D eigenvalue weighted by Gasteiger charge is -2.33. The number of benzene rings is 1. The molecule has 1 aliphatic heterocycles. The fraction of sp³-hybridized carbons (Fsp3) is 0.429. The Morgan fingerprint density at radius 3 is 2.95 bits per heavy atom. The maximum atomic E-state index is 12.7. The molecule has 1 atom stereocenters. The Hall–Kier alpha value is -3.72. The number of aliphatic hydroxyl groups is 1. The van der Waals surface area contributed by atoms with Crippen molar-refractivity contribution in [1.29, 1.82) is 0 Å². The topological polar surface area (TPSA) is 109 Å². The minimum Gasteiger partial charge on any atom is -0.494 e. The summed E-state index contributed by atoms with van der Waals surface area (Å²) in [5.74, 6) is 0.866. The van der Waals surface area contributed by atoms with Crippen LogP contribution < -0.4 is 4.74 Å². The van der Waals surface area contributed by atoms with Crippen LogP contribution in [0.2, 0.25) is 0 Å². The van der Waals surface area contributed by atoms with Crippen molar-refractivity contribution in [3.05, 3.63) is 47.8 Å². The minimum atomic E-state index is -0.318. The fourth-order valence-corrected chi connectivity index (χ4v) is 6.19. The lowest BCUT2D eigenvalue weighted by molar-refractivity contribution is -0.141. The summed E-state index contributed by atoms with van der Waals surface area (Å²) in [6.07, 6.45) is 8.89. The summed E-state index contributed by atoms with van der Waals surface area (Å²) >= 11 is 0. The van der Waals surface area contributed by atoms with E-state index in [1.54, 1.807) is 7.11 Å². The van der Waals surface area contributed by atoms with Crippen LogP contribution in [0.4, 0.5) is 0 Å². The molecule has 4 heterocycles. The van der Waals surface area contributed by atoms with Gasteiger partial charge in [-0.05, 0) is 49.7 Å². The van der Waals surface area contributed by atoms with Crippen molar-refractivity contribution in [1.82, 2.24) is 29.9 Å². The molecule has 1 unspecified atom stereocenters. The second-order valence-electron chi connectivity index (χ2n) is 10.6. The van der Waals surface area contributed by atoms with Gasteiger partial charge in [-0.3, -0.25) is 14.6 Å². The van der Waals surface area contributed by atoms with E-state index in [1.807, 2.05) is 28.0 Å². The number of hydrogen-bond acceptors (Lipinski definition) is 6. The summed E-state index contributed by atoms with van der Waals surface area (Å²) in [5.41, 5.74) is 7.98. The predicted molar refractivity (Wildman–Crippen MR) is 138 cm³/mol. The Bertz CT molecular complexity index is 1500. The lowest BCUT2D eigenvalue weighted by Crippen LogP contribution is -2.42. The molecule has 190 valence electrons. The molecule has 2 N–H and O–H groups in total. The molecular formula is C28H30N6O3. The molecule has 3 aromatic heterocycles. The van der Waals surface area contributed by atoms with Gasteiger partial charge in [0.1, 0.15) is 22.7 Å². The molecule has 1 saturated carbocycles. The summed E-state index contributed by atoms with van der Waals surface area (Å²) in [6.45, 7) is 1.37. The molecule has 1 saturated heterocycles. The number of aryl methyl sites for hydroxylation is 1. The van der Waals surface area contributed by atoms with Crippen LogP contribution in [0, 0.1) is 5.92 Å². The van der Waals surface area contributed by atoms with Gasteiger partial charge in [-0.2, -0.15) is 10.2 Å². The van der Waals surface area contributed by atoms with Crippen molar-refractivity contribution in [2.24, 2.45) is 5.92 Å². The van der Waals surface area contributed by atoms with E-state index < -0.39 is 0 Å². The van der Waals surface area contributed by atoms with Crippen LogP contribution >= 0.6 is 0 Å². The summed E-state index contributed by atoms with van der Waals surface area (Å²) in [5, 5.41) is 21.9. The zero-order valence-electron chi connectivity index (χ0n) is 20.9. The number of aromatic nitrogens is 5. The number of carbonyl (C=O) groups is 1. The van der Waals surface area contributed by atoms with Gasteiger partial charge in [0, 0.05) is 42.4 Å². The lowest BCUT2D eigenvalue weighted by atomic mass is 9.81. The SMILES string of the molecule is COc1cc2[nH]nc(-c3cnn(C4CCN(C(=O)C5CC(O)C5)C4)c3)c2nc1-c1cccc2c1CCC2. The first-order valence-electron chi connectivity index (χ1n) is 13.1. The number of H-pyrrole nitrogens is 1. The standard InChI is InChI=1S/C28H30N6O3/c1-37-24-12-23-27(30-26(24)22-7-3-5-16-4-2-6-21(16)22)25(32-31-23)18-13-29-34(14-18)19-8-9-33(15-19)28(36)17-10-20(35)11-17/h3,5,7,12-14,17,19-20,35H,2,4,6,8-11,15H2,1H3,(H,31,32). The molecule has 3 aliphatic rings. The molecule has 9 heteroatoms. The number of carbonyl (C=O) groups excluding carboxylic acids is 1. The molecular weight excluding hydrogens is 468 g/mol. The molecule has 2 aliphatic carbocycles. The zero-order chi connectivity index (χ0) is 25.1. The normalized spacial score (nSPS) is 22.9. The Balaban J connectivity index is 1.19. The molecule has 0 radical (unpaired) electrons. The maximum absolute atomic E-state index is 12.7. The van der Waals surface area contributed by atoms with E-state index in [-0.39, 0.29) is 24.0 Å². The average molecular weight is 499 g/mol. The number of nitrogens with one attached hydrogen (secondary N) is 1. The van der Waals surface area contributed by atoms with Crippen molar-refractivity contribution in [3.8, 4) is 28.3 Å². The van der Waals surface area contributed by atoms with E-state index in [4.69, 9.17) is 9.72 Å². The highest BCUT2D eigenvalue weighted by molar-refractivity contribution is 5.93. The smallest absolute Gasteiger partial charge is 0.225 e. The Morgan fingerprint density at radius 1 is 1.22 bits per heavy atom. The summed E-state index contributed by atoms with van der Waals surface area (Å²) in [6, 6.07) is 8.56. The maximum Gasteiger partial charge on any atom is 0.225 e. The number of aliphatic hydroxyl groups excluding tert-OH is 1. The van der Waals surface area contributed by atoms with Crippen molar-refractivity contribution in [3.63, 3.8) is 0 Å². The third-order valence-electron chi connectivity index (χ3n) is 8.31. The first kappa shape index (κ1) is 22.5. The number of aromatic amines is 1. The van der Waals surface area contributed by atoms with E-state index >= 15 is 0 Å². The van der Waals surface area contributed by atoms with Crippen LogP contribution in [-0.4, -0.2) is 67.2 Å². The number of nitrogens with zero attached hydrogens (tertiary/aromatic N) is 5. The highest BCUT2D eigenvalue weighted by Gasteiger charge is 2.38. The van der Waals surface area contributed by atoms with Crippen LogP contribution in [0.1, 0.15) is 42.9 Å². The number of pyridine rings is 1. The van der Waals surface area contributed by atoms with Crippen molar-refractivity contribution >= 4 is 16.9 Å². The molecule has 0 bridgehead atoms. The Labute approximate surface area is 214 Å². The fourth-order valence-electron chi connectivity index (χ4n) is 6.19. The first-order valence-corrected chi connectivity index (χ1v) is 13.1. The molecule has 1 aromatic carbocycles. The number of amides is 1. The molecule has 9 nitrogen and oxygen atoms in total. The Morgan fingerprint density at radius 2 is 2.11 bits per heavy atom. The van der Waals surface area contributed by atoms with E-state index in [1.165, 1.54) is 17.5 Å². The second kappa shape index (κ2) is 8.69. The molecule has 4 aromatic rings. The van der Waals surface area contributed by atoms with Gasteiger partial charge < -0.3 is 14.7 Å². The van der Waals surface area contributed by atoms with Crippen LogP contribution in [0.15, 0.2) is 36.7 Å². The van der Waals surface area contributed by atoms with Crippen LogP contribution in [-0.2, 0) is 17.6 Å². The molecule has 1 amide bonds. The van der Waals surface area contributed by atoms with Crippen LogP contribution in [0.25, 0.3) is 33.5 Å². The zero-order valence-corrected chi connectivity index (χ0v) is 20.9. The summed E-state index contributed by atoms with van der Waals surface area (Å²) in [7, 11) is 1.68. The third-order valence-corrected chi connectivity index (χ3v) is 8.31. The predicted octanol–water partition coefficient (Wildman–Crippen LogP) is 3.53. The molecule has 2 fully saturated rings. The van der Waals surface area contributed by atoms with Gasteiger partial charge >= 0.3 is 0 Å². The van der Waals surface area contributed by atoms with E-state index in [0.29, 0.717) is 19.4 Å². The number of likely N-dealkylation sites (tertiary alicyclic amines) is 1. The largest absolute Gasteiger partial charge is 0.494 e. The minimum absolute atomic E-state index is 0.0274. The highest BCUT2D eigenvalue weighted by Crippen LogP contribution is 2.39. The van der Waals surface area contributed by atoms with E-state index in [2.05, 4.69) is 33.5 Å². The van der Waals surface area contributed by atoms with Gasteiger partial charge in [0.15, 0.2) is 0 Å². The van der Waals surface area contributed by atoms with Gasteiger partial charge in [-0.1, -0.05) is 18.2 Å². The van der Waals surface area contributed by atoms with Gasteiger partial charge in [0.2, 0.25) is 5.91 Å². The monoisotopic (exact) mass is 498 g/mol.